The summed E-state index contributed by atoms with van der Waals surface area (Å²) in [5, 5.41) is 15.0. The number of amides is 1. The molecule has 1 aliphatic rings. The highest BCUT2D eigenvalue weighted by atomic mass is 19.1. The molecule has 3 aromatic carbocycles. The number of likely N-dealkylation sites (tertiary alicyclic amines) is 1. The van der Waals surface area contributed by atoms with Crippen LogP contribution in [-0.4, -0.2) is 63.0 Å². The molecular formula is C32H32FN7O5. The molecule has 1 saturated heterocycles. The van der Waals surface area contributed by atoms with Crippen LogP contribution < -0.4 is 20.1 Å². The summed E-state index contributed by atoms with van der Waals surface area (Å²) >= 11 is 0. The second kappa shape index (κ2) is 11.9. The van der Waals surface area contributed by atoms with E-state index < -0.39 is 11.4 Å². The van der Waals surface area contributed by atoms with Gasteiger partial charge in [0.15, 0.2) is 0 Å². The minimum absolute atomic E-state index is 0.00767. The molecular weight excluding hydrogens is 581 g/mol. The average molecular weight is 614 g/mol. The Hall–Kier alpha value is -5.46. The van der Waals surface area contributed by atoms with E-state index in [1.807, 2.05) is 32.9 Å². The van der Waals surface area contributed by atoms with Gasteiger partial charge in [-0.1, -0.05) is 6.07 Å². The Bertz CT molecular complexity index is 1870. The zero-order chi connectivity index (χ0) is 31.7. The molecule has 0 aliphatic carbocycles. The summed E-state index contributed by atoms with van der Waals surface area (Å²) in [4.78, 5) is 22.7. The van der Waals surface area contributed by atoms with Gasteiger partial charge in [-0.2, -0.15) is 0 Å². The number of nitrogens with zero attached hydrogens (tertiary/aromatic N) is 5. The van der Waals surface area contributed by atoms with Gasteiger partial charge >= 0.3 is 6.09 Å². The molecule has 0 unspecified atom stereocenters. The van der Waals surface area contributed by atoms with Gasteiger partial charge < -0.3 is 34.2 Å². The number of benzene rings is 3. The number of halogens is 1. The summed E-state index contributed by atoms with van der Waals surface area (Å²) < 4.78 is 37.8. The summed E-state index contributed by atoms with van der Waals surface area (Å²) in [6.45, 7) is 8.18. The average Bonchev–Trinajstić information content (AvgIpc) is 3.41. The van der Waals surface area contributed by atoms with Gasteiger partial charge in [-0.15, -0.1) is 10.2 Å². The van der Waals surface area contributed by atoms with Crippen LogP contribution in [0.4, 0.5) is 26.4 Å². The van der Waals surface area contributed by atoms with Gasteiger partial charge in [0.05, 0.1) is 30.0 Å². The molecule has 1 fully saturated rings. The highest BCUT2D eigenvalue weighted by molar-refractivity contribution is 5.95. The van der Waals surface area contributed by atoms with Crippen LogP contribution in [0.2, 0.25) is 0 Å². The van der Waals surface area contributed by atoms with E-state index in [1.54, 1.807) is 55.3 Å². The van der Waals surface area contributed by atoms with Crippen LogP contribution in [0.5, 0.6) is 17.2 Å². The van der Waals surface area contributed by atoms with Gasteiger partial charge in [0.25, 0.3) is 0 Å². The molecule has 13 heteroatoms. The number of anilines is 3. The Morgan fingerprint density at radius 3 is 2.53 bits per heavy atom. The molecule has 232 valence electrons. The molecule has 0 saturated carbocycles. The molecule has 2 N–H and O–H groups in total. The van der Waals surface area contributed by atoms with E-state index in [-0.39, 0.29) is 17.8 Å². The second-order valence-corrected chi connectivity index (χ2v) is 11.5. The maximum absolute atomic E-state index is 15.3. The topological polar surface area (TPSA) is 137 Å². The fraction of sp³-hybridized carbons (Fsp3) is 0.281. The number of hydrogen-bond donors (Lipinski definition) is 2. The predicted octanol–water partition coefficient (Wildman–Crippen LogP) is 6.70. The molecule has 0 spiro atoms. The third kappa shape index (κ3) is 6.71. The first-order valence-corrected chi connectivity index (χ1v) is 14.3. The Balaban J connectivity index is 1.17. The number of fused-ring (bicyclic) bond motifs is 1. The lowest BCUT2D eigenvalue weighted by Gasteiger charge is -2.40. The van der Waals surface area contributed by atoms with Crippen LogP contribution in [0.1, 0.15) is 26.7 Å². The quantitative estimate of drug-likeness (QED) is 0.193. The summed E-state index contributed by atoms with van der Waals surface area (Å²) in [5.41, 5.74) is 1.63. The van der Waals surface area contributed by atoms with E-state index >= 15 is 4.39 Å². The van der Waals surface area contributed by atoms with Gasteiger partial charge in [0.1, 0.15) is 40.8 Å². The Morgan fingerprint density at radius 2 is 1.82 bits per heavy atom. The van der Waals surface area contributed by atoms with Crippen LogP contribution in [0.15, 0.2) is 65.3 Å². The molecule has 3 heterocycles. The molecule has 0 bridgehead atoms. The van der Waals surface area contributed by atoms with Gasteiger partial charge in [-0.25, -0.2) is 19.2 Å². The van der Waals surface area contributed by atoms with Crippen LogP contribution in [0, 0.1) is 12.7 Å². The predicted molar refractivity (Wildman–Crippen MR) is 166 cm³/mol. The molecule has 12 nitrogen and oxygen atoms in total. The van der Waals surface area contributed by atoms with E-state index in [4.69, 9.17) is 18.6 Å². The molecule has 1 aliphatic heterocycles. The number of ether oxygens (including phenoxy) is 3. The van der Waals surface area contributed by atoms with E-state index in [2.05, 4.69) is 30.8 Å². The number of methoxy groups -OCH3 is 1. The van der Waals surface area contributed by atoms with Crippen molar-refractivity contribution in [3.05, 3.63) is 72.6 Å². The summed E-state index contributed by atoms with van der Waals surface area (Å²) in [6.07, 6.45) is 1.05. The smallest absolute Gasteiger partial charge is 0.410 e. The zero-order valence-corrected chi connectivity index (χ0v) is 25.4. The normalized spacial score (nSPS) is 13.3. The number of carbonyl (C=O) groups is 1. The van der Waals surface area contributed by atoms with Crippen LogP contribution >= 0.6 is 0 Å². The lowest BCUT2D eigenvalue weighted by molar-refractivity contribution is 0.0105. The van der Waals surface area contributed by atoms with Crippen LogP contribution in [-0.2, 0) is 4.74 Å². The van der Waals surface area contributed by atoms with Crippen molar-refractivity contribution in [3.8, 4) is 28.7 Å². The Kier molecular flexibility index (Phi) is 7.83. The monoisotopic (exact) mass is 613 g/mol. The van der Waals surface area contributed by atoms with Gasteiger partial charge in [0.2, 0.25) is 11.8 Å². The minimum atomic E-state index is -0.560. The molecule has 0 atom stereocenters. The summed E-state index contributed by atoms with van der Waals surface area (Å²) in [7, 11) is 1.57. The van der Waals surface area contributed by atoms with Crippen molar-refractivity contribution in [1.82, 2.24) is 25.1 Å². The third-order valence-corrected chi connectivity index (χ3v) is 6.89. The van der Waals surface area contributed by atoms with Crippen LogP contribution in [0.25, 0.3) is 22.4 Å². The van der Waals surface area contributed by atoms with Crippen molar-refractivity contribution in [3.63, 3.8) is 0 Å². The maximum Gasteiger partial charge on any atom is 0.410 e. The summed E-state index contributed by atoms with van der Waals surface area (Å²) in [6, 6.07) is 15.2. The van der Waals surface area contributed by atoms with Crippen LogP contribution in [0.3, 0.4) is 0 Å². The van der Waals surface area contributed by atoms with Crippen molar-refractivity contribution in [2.45, 2.75) is 39.3 Å². The number of rotatable bonds is 8. The molecule has 45 heavy (non-hydrogen) atoms. The first-order chi connectivity index (χ1) is 21.5. The SMILES string of the molecule is COc1cc2ncnc(Nc3ccc(Oc4cccc(-c5nnc(C)o5)c4)cc3F)c2cc1NC1CN(C(=O)OC(C)(C)C)C1. The van der Waals surface area contributed by atoms with Gasteiger partial charge in [0, 0.05) is 43.1 Å². The number of carbonyl (C=O) groups excluding carboxylic acids is 1. The number of aryl methyl sites for hydroxylation is 1. The highest BCUT2D eigenvalue weighted by Crippen LogP contribution is 2.35. The first kappa shape index (κ1) is 29.6. The molecule has 6 rings (SSSR count). The van der Waals surface area contributed by atoms with Crippen molar-refractivity contribution in [1.29, 1.82) is 0 Å². The number of aromatic nitrogens is 4. The highest BCUT2D eigenvalue weighted by Gasteiger charge is 2.34. The fourth-order valence-electron chi connectivity index (χ4n) is 4.76. The summed E-state index contributed by atoms with van der Waals surface area (Å²) in [5.74, 6) is 2.06. The lowest BCUT2D eigenvalue weighted by atomic mass is 10.1. The van der Waals surface area contributed by atoms with E-state index in [1.165, 1.54) is 12.4 Å². The first-order valence-electron chi connectivity index (χ1n) is 14.3. The van der Waals surface area contributed by atoms with Crippen molar-refractivity contribution < 1.29 is 27.8 Å². The van der Waals surface area contributed by atoms with Gasteiger partial charge in [-0.3, -0.25) is 0 Å². The van der Waals surface area contributed by atoms with Gasteiger partial charge in [-0.05, 0) is 57.2 Å². The molecule has 1 amide bonds. The Labute approximate surface area is 258 Å². The molecule has 2 aromatic heterocycles. The second-order valence-electron chi connectivity index (χ2n) is 11.5. The fourth-order valence-corrected chi connectivity index (χ4v) is 4.76. The largest absolute Gasteiger partial charge is 0.495 e. The van der Waals surface area contributed by atoms with E-state index in [0.29, 0.717) is 70.1 Å². The van der Waals surface area contributed by atoms with E-state index in [0.717, 1.165) is 0 Å². The maximum atomic E-state index is 15.3. The minimum Gasteiger partial charge on any atom is -0.495 e. The number of hydrogen-bond acceptors (Lipinski definition) is 11. The zero-order valence-electron chi connectivity index (χ0n) is 25.4. The third-order valence-electron chi connectivity index (χ3n) is 6.89. The Morgan fingerprint density at radius 1 is 1.02 bits per heavy atom. The lowest BCUT2D eigenvalue weighted by Crippen LogP contribution is -2.57. The molecule has 5 aromatic rings. The van der Waals surface area contributed by atoms with E-state index in [9.17, 15) is 4.79 Å². The molecule has 0 radical (unpaired) electrons. The number of nitrogens with one attached hydrogen (secondary N) is 2. The van der Waals surface area contributed by atoms with Crippen molar-refractivity contribution in [2.24, 2.45) is 0 Å². The standard InChI is InChI=1S/C32H32FN7O5/c1-18-38-39-30(43-18)19-7-6-8-21(11-19)44-22-9-10-25(24(33)12-22)37-29-23-13-27(28(42-5)14-26(23)34-17-35-29)36-20-15-40(16-20)31(41)45-32(2,3)4/h6-14,17,20,36H,15-16H2,1-5H3,(H,34,35,37). The van der Waals surface area contributed by atoms with Crippen molar-refractivity contribution >= 4 is 34.2 Å². The van der Waals surface area contributed by atoms with Crippen molar-refractivity contribution in [2.75, 3.05) is 30.8 Å².